The summed E-state index contributed by atoms with van der Waals surface area (Å²) in [5, 5.41) is 3.08. The van der Waals surface area contributed by atoms with Gasteiger partial charge < -0.3 is 15.0 Å². The zero-order valence-corrected chi connectivity index (χ0v) is 22.8. The number of carbonyl (C=O) groups excluding carboxylic acids is 3. The Hall–Kier alpha value is -5.23. The molecule has 3 aliphatic heterocycles. The molecule has 3 heterocycles. The summed E-state index contributed by atoms with van der Waals surface area (Å²) < 4.78 is 5.92. The number of hydrogen-bond donors (Lipinski definition) is 1. The Labute approximate surface area is 243 Å². The summed E-state index contributed by atoms with van der Waals surface area (Å²) in [6.07, 6.45) is 5.45. The molecule has 0 saturated carbocycles. The molecule has 4 aromatic rings. The van der Waals surface area contributed by atoms with E-state index < -0.39 is 23.4 Å². The lowest BCUT2D eigenvalue weighted by Crippen LogP contribution is -2.49. The first-order valence-electron chi connectivity index (χ1n) is 14.0. The third kappa shape index (κ3) is 3.61. The zero-order chi connectivity index (χ0) is 28.8. The van der Waals surface area contributed by atoms with Crippen molar-refractivity contribution in [3.63, 3.8) is 0 Å². The van der Waals surface area contributed by atoms with Gasteiger partial charge in [0.05, 0.1) is 17.5 Å². The fraction of sp³-hybridized carbons (Fsp3) is 0.139. The average Bonchev–Trinajstić information content (AvgIpc) is 3.52. The number of Topliss-reactive ketones (excluding diaryl/α,β-unsaturated/α-hetero) is 2. The standard InChI is InChI=1S/C36H28N2O4/c1-2-22-42-29-19-11-8-16-26(29)33(40)30-31(32(39)24-13-4-3-5-14-24)38-21-20-23-12-6-7-15-25(23)34(38)36(30)27-17-9-10-18-28(27)37-35(36)41/h2-21,30-31,34H,1,22H2,(H,37,41). The quantitative estimate of drug-likeness (QED) is 0.217. The van der Waals surface area contributed by atoms with Crippen LogP contribution in [-0.4, -0.2) is 35.0 Å². The number of amides is 1. The van der Waals surface area contributed by atoms with Crippen molar-refractivity contribution in [1.82, 2.24) is 4.90 Å². The van der Waals surface area contributed by atoms with Crippen molar-refractivity contribution in [1.29, 1.82) is 0 Å². The minimum atomic E-state index is -1.39. The van der Waals surface area contributed by atoms with E-state index in [9.17, 15) is 9.59 Å². The summed E-state index contributed by atoms with van der Waals surface area (Å²) in [6, 6.07) is 29.8. The van der Waals surface area contributed by atoms with Gasteiger partial charge in [-0.05, 0) is 41.0 Å². The maximum atomic E-state index is 15.1. The van der Waals surface area contributed by atoms with E-state index in [1.165, 1.54) is 0 Å². The Balaban J connectivity index is 1.53. The zero-order valence-electron chi connectivity index (χ0n) is 22.8. The molecule has 1 N–H and O–H groups in total. The molecule has 3 aliphatic rings. The summed E-state index contributed by atoms with van der Waals surface area (Å²) in [6.45, 7) is 3.95. The van der Waals surface area contributed by atoms with Crippen LogP contribution in [0.5, 0.6) is 5.75 Å². The van der Waals surface area contributed by atoms with Crippen molar-refractivity contribution < 1.29 is 19.1 Å². The van der Waals surface area contributed by atoms with Gasteiger partial charge in [-0.3, -0.25) is 14.4 Å². The van der Waals surface area contributed by atoms with Crippen molar-refractivity contribution in [3.05, 3.63) is 150 Å². The number of nitrogens with one attached hydrogen (secondary N) is 1. The molecule has 0 aromatic heterocycles. The summed E-state index contributed by atoms with van der Waals surface area (Å²) in [5.74, 6) is -1.52. The number of ketones is 2. The van der Waals surface area contributed by atoms with Crippen LogP contribution in [0.25, 0.3) is 6.08 Å². The van der Waals surface area contributed by atoms with Gasteiger partial charge in [0.1, 0.15) is 23.8 Å². The number of benzene rings is 4. The van der Waals surface area contributed by atoms with Gasteiger partial charge in [0.25, 0.3) is 0 Å². The smallest absolute Gasteiger partial charge is 0.238 e. The number of nitrogens with zero attached hydrogens (tertiary/aromatic N) is 1. The molecule has 42 heavy (non-hydrogen) atoms. The molecule has 1 saturated heterocycles. The number of hydrogen-bond acceptors (Lipinski definition) is 5. The molecule has 0 aliphatic carbocycles. The number of rotatable bonds is 7. The number of fused-ring (bicyclic) bond motifs is 6. The Bertz CT molecular complexity index is 1780. The lowest BCUT2D eigenvalue weighted by molar-refractivity contribution is -0.122. The molecule has 1 fully saturated rings. The van der Waals surface area contributed by atoms with Crippen LogP contribution in [0, 0.1) is 5.92 Å². The lowest BCUT2D eigenvalue weighted by atomic mass is 9.62. The van der Waals surface area contributed by atoms with Crippen LogP contribution in [-0.2, 0) is 10.2 Å². The van der Waals surface area contributed by atoms with Gasteiger partial charge in [-0.25, -0.2) is 0 Å². The van der Waals surface area contributed by atoms with E-state index in [4.69, 9.17) is 4.74 Å². The van der Waals surface area contributed by atoms with E-state index in [2.05, 4.69) is 11.9 Å². The summed E-state index contributed by atoms with van der Waals surface area (Å²) >= 11 is 0. The molecule has 206 valence electrons. The second-order valence-corrected chi connectivity index (χ2v) is 10.8. The van der Waals surface area contributed by atoms with Gasteiger partial charge in [0.15, 0.2) is 11.6 Å². The van der Waals surface area contributed by atoms with Gasteiger partial charge >= 0.3 is 0 Å². The molecule has 4 atom stereocenters. The van der Waals surface area contributed by atoms with E-state index >= 15 is 4.79 Å². The molecule has 1 spiro atoms. The van der Waals surface area contributed by atoms with Gasteiger partial charge in [-0.15, -0.1) is 0 Å². The van der Waals surface area contributed by atoms with Gasteiger partial charge in [0.2, 0.25) is 5.91 Å². The molecule has 6 heteroatoms. The van der Waals surface area contributed by atoms with Crippen LogP contribution in [0.15, 0.2) is 122 Å². The van der Waals surface area contributed by atoms with Gasteiger partial charge in [0, 0.05) is 17.5 Å². The van der Waals surface area contributed by atoms with Gasteiger partial charge in [-0.2, -0.15) is 0 Å². The molecule has 0 radical (unpaired) electrons. The average molecular weight is 553 g/mol. The number of para-hydroxylation sites is 2. The fourth-order valence-electron chi connectivity index (χ4n) is 7.05. The number of anilines is 1. The maximum absolute atomic E-state index is 15.1. The van der Waals surface area contributed by atoms with Crippen LogP contribution in [0.1, 0.15) is 43.4 Å². The first-order valence-corrected chi connectivity index (χ1v) is 14.0. The SMILES string of the molecule is C=CCOc1ccccc1C(=O)C1C(C(=O)c2ccccc2)N2C=Cc3ccccc3C2C12C(=O)Nc1ccccc12. The predicted octanol–water partition coefficient (Wildman–Crippen LogP) is 6.23. The Morgan fingerprint density at radius 3 is 2.43 bits per heavy atom. The monoisotopic (exact) mass is 552 g/mol. The summed E-state index contributed by atoms with van der Waals surface area (Å²) in [7, 11) is 0. The highest BCUT2D eigenvalue weighted by atomic mass is 16.5. The normalized spacial score (nSPS) is 23.1. The number of ether oxygens (including phenoxy) is 1. The first-order chi connectivity index (χ1) is 20.6. The molecular weight excluding hydrogens is 524 g/mol. The van der Waals surface area contributed by atoms with Crippen LogP contribution >= 0.6 is 0 Å². The Kier molecular flexibility index (Phi) is 6.12. The summed E-state index contributed by atoms with van der Waals surface area (Å²) in [5.41, 5.74) is 2.61. The van der Waals surface area contributed by atoms with Crippen molar-refractivity contribution in [2.45, 2.75) is 17.5 Å². The van der Waals surface area contributed by atoms with Crippen LogP contribution < -0.4 is 10.1 Å². The maximum Gasteiger partial charge on any atom is 0.238 e. The molecule has 7 rings (SSSR count). The van der Waals surface area contributed by atoms with Crippen LogP contribution in [0.4, 0.5) is 5.69 Å². The van der Waals surface area contributed by atoms with E-state index in [0.29, 0.717) is 28.1 Å². The van der Waals surface area contributed by atoms with Crippen molar-refractivity contribution in [3.8, 4) is 5.75 Å². The van der Waals surface area contributed by atoms with Crippen molar-refractivity contribution in [2.75, 3.05) is 11.9 Å². The highest BCUT2D eigenvalue weighted by Crippen LogP contribution is 2.62. The minimum Gasteiger partial charge on any atom is -0.489 e. The fourth-order valence-corrected chi connectivity index (χ4v) is 7.05. The minimum absolute atomic E-state index is 0.209. The molecule has 4 unspecified atom stereocenters. The largest absolute Gasteiger partial charge is 0.489 e. The lowest BCUT2D eigenvalue weighted by Gasteiger charge is -2.38. The third-order valence-corrected chi connectivity index (χ3v) is 8.69. The molecule has 1 amide bonds. The second-order valence-electron chi connectivity index (χ2n) is 10.8. The highest BCUT2D eigenvalue weighted by molar-refractivity contribution is 6.17. The van der Waals surface area contributed by atoms with E-state index in [1.54, 1.807) is 42.5 Å². The van der Waals surface area contributed by atoms with Crippen molar-refractivity contribution in [2.24, 2.45) is 5.92 Å². The van der Waals surface area contributed by atoms with Gasteiger partial charge in [-0.1, -0.05) is 97.6 Å². The summed E-state index contributed by atoms with van der Waals surface area (Å²) in [4.78, 5) is 46.1. The van der Waals surface area contributed by atoms with E-state index in [1.807, 2.05) is 83.9 Å². The van der Waals surface area contributed by atoms with Crippen LogP contribution in [0.3, 0.4) is 0 Å². The Morgan fingerprint density at radius 2 is 1.60 bits per heavy atom. The molecule has 4 aromatic carbocycles. The Morgan fingerprint density at radius 1 is 0.881 bits per heavy atom. The first kappa shape index (κ1) is 25.7. The highest BCUT2D eigenvalue weighted by Gasteiger charge is 2.70. The predicted molar refractivity (Wildman–Crippen MR) is 161 cm³/mol. The van der Waals surface area contributed by atoms with E-state index in [0.717, 1.165) is 11.1 Å². The molecule has 6 nitrogen and oxygen atoms in total. The molecule has 0 bridgehead atoms. The van der Waals surface area contributed by atoms with Crippen LogP contribution in [0.2, 0.25) is 0 Å². The molecular formula is C36H28N2O4. The second kappa shape index (κ2) is 10.00. The van der Waals surface area contributed by atoms with E-state index in [-0.39, 0.29) is 24.1 Å². The topological polar surface area (TPSA) is 75.7 Å². The number of carbonyl (C=O) groups is 3. The van der Waals surface area contributed by atoms with Crippen molar-refractivity contribution >= 4 is 29.2 Å². The third-order valence-electron chi connectivity index (χ3n) is 8.69.